The number of urea groups is 1. The van der Waals surface area contributed by atoms with Crippen LogP contribution in [0.4, 0.5) is 4.79 Å². The summed E-state index contributed by atoms with van der Waals surface area (Å²) in [5.74, 6) is 0.143. The minimum absolute atomic E-state index is 0.367. The van der Waals surface area contributed by atoms with E-state index in [2.05, 4.69) is 10.4 Å². The molecule has 2 aromatic rings. The standard InChI is InChI=1S/C18H15Cl2N3O3/c1-18(11-6-8-12(26-2)9-7-11)16(24)23(17(25)22-18)21-10-13-14(19)4-3-5-15(13)20/h3-10H,1-2H3,(H,22,25)/b21-10-/t18-/m1/s1. The lowest BCUT2D eigenvalue weighted by Gasteiger charge is -2.21. The summed E-state index contributed by atoms with van der Waals surface area (Å²) < 4.78 is 5.11. The summed E-state index contributed by atoms with van der Waals surface area (Å²) in [6, 6.07) is 11.2. The van der Waals surface area contributed by atoms with Crippen LogP contribution in [0.15, 0.2) is 47.6 Å². The summed E-state index contributed by atoms with van der Waals surface area (Å²) in [5, 5.41) is 8.15. The zero-order chi connectivity index (χ0) is 18.9. The van der Waals surface area contributed by atoms with E-state index in [1.165, 1.54) is 6.21 Å². The predicted molar refractivity (Wildman–Crippen MR) is 99.8 cm³/mol. The minimum atomic E-state index is -1.23. The number of amides is 3. The van der Waals surface area contributed by atoms with Gasteiger partial charge in [0, 0.05) is 5.56 Å². The van der Waals surface area contributed by atoms with Crippen molar-refractivity contribution in [3.63, 3.8) is 0 Å². The Hall–Kier alpha value is -2.57. The highest BCUT2D eigenvalue weighted by atomic mass is 35.5. The lowest BCUT2D eigenvalue weighted by atomic mass is 9.92. The maximum atomic E-state index is 12.8. The summed E-state index contributed by atoms with van der Waals surface area (Å²) in [6.45, 7) is 1.62. The average molecular weight is 392 g/mol. The zero-order valence-electron chi connectivity index (χ0n) is 14.0. The van der Waals surface area contributed by atoms with Gasteiger partial charge in [0.2, 0.25) is 0 Å². The van der Waals surface area contributed by atoms with Crippen molar-refractivity contribution >= 4 is 41.4 Å². The molecule has 134 valence electrons. The summed E-state index contributed by atoms with van der Waals surface area (Å²) in [5.41, 5.74) is -0.190. The van der Waals surface area contributed by atoms with E-state index in [9.17, 15) is 9.59 Å². The number of hydrazone groups is 1. The molecule has 1 fully saturated rings. The summed E-state index contributed by atoms with van der Waals surface area (Å²) in [7, 11) is 1.55. The number of nitrogens with zero attached hydrogens (tertiary/aromatic N) is 2. The fraction of sp³-hybridized carbons (Fsp3) is 0.167. The molecule has 0 saturated carbocycles. The van der Waals surface area contributed by atoms with Crippen LogP contribution in [0.25, 0.3) is 0 Å². The molecule has 2 aromatic carbocycles. The van der Waals surface area contributed by atoms with Crippen LogP contribution in [-0.2, 0) is 10.3 Å². The van der Waals surface area contributed by atoms with Crippen molar-refractivity contribution in [3.05, 3.63) is 63.6 Å². The molecular weight excluding hydrogens is 377 g/mol. The predicted octanol–water partition coefficient (Wildman–Crippen LogP) is 3.80. The molecule has 3 amide bonds. The van der Waals surface area contributed by atoms with Crippen molar-refractivity contribution in [1.82, 2.24) is 10.3 Å². The first-order chi connectivity index (χ1) is 12.4. The molecule has 3 rings (SSSR count). The second-order valence-corrected chi connectivity index (χ2v) is 6.59. The Morgan fingerprint density at radius 3 is 2.31 bits per heavy atom. The Bertz CT molecular complexity index is 879. The Labute approximate surface area is 160 Å². The van der Waals surface area contributed by atoms with E-state index in [0.29, 0.717) is 26.9 Å². The molecule has 0 aliphatic carbocycles. The van der Waals surface area contributed by atoms with Gasteiger partial charge in [0.25, 0.3) is 5.91 Å². The highest BCUT2D eigenvalue weighted by Gasteiger charge is 2.49. The quantitative estimate of drug-likeness (QED) is 0.636. The van der Waals surface area contributed by atoms with Gasteiger partial charge in [-0.1, -0.05) is 41.4 Å². The van der Waals surface area contributed by atoms with Gasteiger partial charge in [0.05, 0.1) is 23.4 Å². The first-order valence-corrected chi connectivity index (χ1v) is 8.41. The molecule has 1 N–H and O–H groups in total. The Balaban J connectivity index is 1.90. The number of halogens is 2. The molecule has 0 bridgehead atoms. The molecule has 0 unspecified atom stereocenters. The lowest BCUT2D eigenvalue weighted by Crippen LogP contribution is -2.40. The fourth-order valence-electron chi connectivity index (χ4n) is 2.60. The van der Waals surface area contributed by atoms with Crippen LogP contribution < -0.4 is 10.1 Å². The van der Waals surface area contributed by atoms with Crippen LogP contribution in [0.1, 0.15) is 18.1 Å². The van der Waals surface area contributed by atoms with E-state index in [0.717, 1.165) is 5.01 Å². The largest absolute Gasteiger partial charge is 0.497 e. The highest BCUT2D eigenvalue weighted by molar-refractivity contribution is 6.38. The molecule has 1 aliphatic heterocycles. The minimum Gasteiger partial charge on any atom is -0.497 e. The molecule has 26 heavy (non-hydrogen) atoms. The molecule has 0 radical (unpaired) electrons. The van der Waals surface area contributed by atoms with E-state index in [-0.39, 0.29) is 0 Å². The molecule has 8 heteroatoms. The van der Waals surface area contributed by atoms with E-state index < -0.39 is 17.5 Å². The number of nitrogens with one attached hydrogen (secondary N) is 1. The van der Waals surface area contributed by atoms with Gasteiger partial charge in [0.15, 0.2) is 0 Å². The molecular formula is C18H15Cl2N3O3. The van der Waals surface area contributed by atoms with Gasteiger partial charge in [-0.2, -0.15) is 5.10 Å². The van der Waals surface area contributed by atoms with E-state index in [4.69, 9.17) is 27.9 Å². The van der Waals surface area contributed by atoms with Gasteiger partial charge in [-0.15, -0.1) is 5.01 Å². The van der Waals surface area contributed by atoms with Crippen molar-refractivity contribution in [2.75, 3.05) is 7.11 Å². The second kappa shape index (κ2) is 6.97. The van der Waals surface area contributed by atoms with Gasteiger partial charge in [-0.05, 0) is 36.8 Å². The monoisotopic (exact) mass is 391 g/mol. The fourth-order valence-corrected chi connectivity index (χ4v) is 3.09. The lowest BCUT2D eigenvalue weighted by molar-refractivity contribution is -0.131. The smallest absolute Gasteiger partial charge is 0.346 e. The molecule has 1 aliphatic rings. The number of carbonyl (C=O) groups is 2. The number of rotatable bonds is 4. The van der Waals surface area contributed by atoms with Crippen LogP contribution >= 0.6 is 23.2 Å². The SMILES string of the molecule is COc1ccc([C@@]2(C)NC(=O)N(/N=C\c3c(Cl)cccc3Cl)C2=O)cc1. The topological polar surface area (TPSA) is 71.0 Å². The van der Waals surface area contributed by atoms with Crippen LogP contribution in [0.2, 0.25) is 10.0 Å². The van der Waals surface area contributed by atoms with Crippen LogP contribution in [0.3, 0.4) is 0 Å². The third-order valence-corrected chi connectivity index (χ3v) is 4.80. The maximum Gasteiger partial charge on any atom is 0.346 e. The summed E-state index contributed by atoms with van der Waals surface area (Å²) in [4.78, 5) is 25.1. The zero-order valence-corrected chi connectivity index (χ0v) is 15.5. The average Bonchev–Trinajstić information content (AvgIpc) is 2.85. The summed E-state index contributed by atoms with van der Waals surface area (Å²) >= 11 is 12.2. The number of ether oxygens (including phenoxy) is 1. The third kappa shape index (κ3) is 3.13. The highest BCUT2D eigenvalue weighted by Crippen LogP contribution is 2.30. The van der Waals surface area contributed by atoms with Crippen molar-refractivity contribution < 1.29 is 14.3 Å². The normalized spacial score (nSPS) is 19.9. The van der Waals surface area contributed by atoms with Crippen LogP contribution in [-0.4, -0.2) is 30.3 Å². The molecule has 1 heterocycles. The Kier molecular flexibility index (Phi) is 4.89. The van der Waals surface area contributed by atoms with Gasteiger partial charge >= 0.3 is 6.03 Å². The molecule has 1 atom stereocenters. The Morgan fingerprint density at radius 2 is 1.73 bits per heavy atom. The third-order valence-electron chi connectivity index (χ3n) is 4.14. The van der Waals surface area contributed by atoms with Crippen molar-refractivity contribution in [1.29, 1.82) is 0 Å². The number of benzene rings is 2. The van der Waals surface area contributed by atoms with E-state index in [1.54, 1.807) is 56.5 Å². The van der Waals surface area contributed by atoms with E-state index >= 15 is 0 Å². The van der Waals surface area contributed by atoms with Crippen molar-refractivity contribution in [2.24, 2.45) is 5.10 Å². The van der Waals surface area contributed by atoms with Crippen molar-refractivity contribution in [3.8, 4) is 5.75 Å². The van der Waals surface area contributed by atoms with Gasteiger partial charge in [-0.25, -0.2) is 4.79 Å². The van der Waals surface area contributed by atoms with Crippen LogP contribution in [0, 0.1) is 0 Å². The Morgan fingerprint density at radius 1 is 1.12 bits per heavy atom. The number of imide groups is 1. The molecule has 6 nitrogen and oxygen atoms in total. The first-order valence-electron chi connectivity index (χ1n) is 7.66. The van der Waals surface area contributed by atoms with Crippen LogP contribution in [0.5, 0.6) is 5.75 Å². The van der Waals surface area contributed by atoms with Gasteiger partial charge < -0.3 is 10.1 Å². The second-order valence-electron chi connectivity index (χ2n) is 5.78. The summed E-state index contributed by atoms with van der Waals surface area (Å²) in [6.07, 6.45) is 1.29. The molecule has 1 saturated heterocycles. The van der Waals surface area contributed by atoms with Gasteiger partial charge in [-0.3, -0.25) is 4.79 Å². The first kappa shape index (κ1) is 18.2. The van der Waals surface area contributed by atoms with E-state index in [1.807, 2.05) is 0 Å². The van der Waals surface area contributed by atoms with Gasteiger partial charge in [0.1, 0.15) is 11.3 Å². The van der Waals surface area contributed by atoms with Crippen molar-refractivity contribution in [2.45, 2.75) is 12.5 Å². The number of methoxy groups -OCH3 is 1. The molecule has 0 aromatic heterocycles. The maximum absolute atomic E-state index is 12.8. The number of hydrogen-bond acceptors (Lipinski definition) is 4. The molecule has 0 spiro atoms. The number of hydrogen-bond donors (Lipinski definition) is 1. The number of carbonyl (C=O) groups excluding carboxylic acids is 2.